The number of rotatable bonds is 6. The molecular weight excluding hydrogens is 384 g/mol. The van der Waals surface area contributed by atoms with E-state index >= 15 is 0 Å². The minimum absolute atomic E-state index is 0.0143. The summed E-state index contributed by atoms with van der Waals surface area (Å²) >= 11 is 5.92. The number of sulfone groups is 1. The van der Waals surface area contributed by atoms with Crippen molar-refractivity contribution < 1.29 is 13.2 Å². The molecule has 1 heterocycles. The summed E-state index contributed by atoms with van der Waals surface area (Å²) in [5.74, 6) is 0.00704. The molecule has 0 aromatic heterocycles. The molecule has 0 spiro atoms. The van der Waals surface area contributed by atoms with E-state index in [9.17, 15) is 13.2 Å². The number of hydrogen-bond donors (Lipinski definition) is 1. The van der Waals surface area contributed by atoms with Crippen molar-refractivity contribution in [2.75, 3.05) is 23.0 Å². The molecule has 2 aromatic carbocycles. The van der Waals surface area contributed by atoms with Gasteiger partial charge in [-0.15, -0.1) is 0 Å². The van der Waals surface area contributed by atoms with Crippen LogP contribution in [-0.2, 0) is 14.6 Å². The Kier molecular flexibility index (Phi) is 6.19. The smallest absolute Gasteiger partial charge is 0.241 e. The lowest BCUT2D eigenvalue weighted by atomic mass is 10.1. The minimum atomic E-state index is -3.09. The van der Waals surface area contributed by atoms with E-state index in [1.54, 1.807) is 4.90 Å². The predicted octanol–water partition coefficient (Wildman–Crippen LogP) is 3.21. The molecule has 2 atom stereocenters. The molecule has 3 rings (SSSR count). The Morgan fingerprint density at radius 3 is 2.44 bits per heavy atom. The van der Waals surface area contributed by atoms with E-state index in [0.717, 1.165) is 11.3 Å². The number of amides is 1. The van der Waals surface area contributed by atoms with Crippen LogP contribution < -0.4 is 10.2 Å². The second-order valence-corrected chi connectivity index (χ2v) is 9.48. The first-order valence-corrected chi connectivity index (χ1v) is 11.1. The number of anilines is 1. The predicted molar refractivity (Wildman–Crippen MR) is 109 cm³/mol. The molecule has 1 amide bonds. The van der Waals surface area contributed by atoms with Crippen LogP contribution in [0.4, 0.5) is 5.69 Å². The Hall–Kier alpha value is -1.89. The fourth-order valence-electron chi connectivity index (χ4n) is 3.32. The van der Waals surface area contributed by atoms with Crippen LogP contribution in [0.2, 0.25) is 5.02 Å². The maximum Gasteiger partial charge on any atom is 0.241 e. The van der Waals surface area contributed by atoms with Gasteiger partial charge in [-0.2, -0.15) is 0 Å². The van der Waals surface area contributed by atoms with Crippen molar-refractivity contribution in [3.05, 3.63) is 65.2 Å². The van der Waals surface area contributed by atoms with Crippen molar-refractivity contribution in [1.82, 2.24) is 5.32 Å². The van der Waals surface area contributed by atoms with Crippen molar-refractivity contribution in [3.8, 4) is 0 Å². The van der Waals surface area contributed by atoms with E-state index < -0.39 is 9.84 Å². The first-order valence-electron chi connectivity index (χ1n) is 8.92. The Bertz CT molecular complexity index is 885. The molecule has 0 aliphatic carbocycles. The monoisotopic (exact) mass is 406 g/mol. The van der Waals surface area contributed by atoms with Crippen LogP contribution in [-0.4, -0.2) is 38.4 Å². The molecule has 0 bridgehead atoms. The molecule has 1 aliphatic heterocycles. The molecule has 27 heavy (non-hydrogen) atoms. The Morgan fingerprint density at radius 2 is 1.85 bits per heavy atom. The number of nitrogens with zero attached hydrogens (tertiary/aromatic N) is 1. The third-order valence-corrected chi connectivity index (χ3v) is 6.81. The lowest BCUT2D eigenvalue weighted by Crippen LogP contribution is -2.46. The Balaban J connectivity index is 1.72. The average Bonchev–Trinajstić information content (AvgIpc) is 3.00. The van der Waals surface area contributed by atoms with E-state index in [1.807, 2.05) is 61.5 Å². The van der Waals surface area contributed by atoms with Gasteiger partial charge < -0.3 is 10.2 Å². The van der Waals surface area contributed by atoms with Gasteiger partial charge in [0.1, 0.15) is 0 Å². The quantitative estimate of drug-likeness (QED) is 0.799. The van der Waals surface area contributed by atoms with Crippen LogP contribution in [0.3, 0.4) is 0 Å². The number of para-hydroxylation sites is 1. The number of carbonyl (C=O) groups excluding carboxylic acids is 1. The van der Waals surface area contributed by atoms with Crippen molar-refractivity contribution in [2.45, 2.75) is 25.4 Å². The topological polar surface area (TPSA) is 66.5 Å². The van der Waals surface area contributed by atoms with Crippen LogP contribution in [0.15, 0.2) is 54.6 Å². The second kappa shape index (κ2) is 8.42. The molecule has 1 saturated heterocycles. The van der Waals surface area contributed by atoms with Crippen LogP contribution in [0, 0.1) is 0 Å². The molecular formula is C20H23ClN2O3S. The Morgan fingerprint density at radius 1 is 1.19 bits per heavy atom. The molecule has 7 heteroatoms. The highest BCUT2D eigenvalue weighted by Crippen LogP contribution is 2.24. The van der Waals surface area contributed by atoms with Gasteiger partial charge in [0.2, 0.25) is 5.91 Å². The van der Waals surface area contributed by atoms with Gasteiger partial charge in [-0.3, -0.25) is 4.79 Å². The summed E-state index contributed by atoms with van der Waals surface area (Å²) in [6.07, 6.45) is 0.468. The largest absolute Gasteiger partial charge is 0.307 e. The number of nitrogens with one attached hydrogen (secondary N) is 1. The molecule has 1 N–H and O–H groups in total. The normalized spacial score (nSPS) is 19.6. The van der Waals surface area contributed by atoms with Gasteiger partial charge in [-0.05, 0) is 43.2 Å². The fraction of sp³-hybridized carbons (Fsp3) is 0.350. The van der Waals surface area contributed by atoms with Crippen molar-refractivity contribution >= 4 is 33.0 Å². The lowest BCUT2D eigenvalue weighted by molar-refractivity contribution is -0.118. The standard InChI is InChI=1S/C20H23ClN2O3S/c1-15(16-7-9-17(21)10-8-16)22-13-20(24)23(18-5-3-2-4-6-18)19-11-12-27(25,26)14-19/h2-10,15,19,22H,11-14H2,1H3/t15-,19+/m0/s1. The molecule has 1 aliphatic rings. The fourth-order valence-corrected chi connectivity index (χ4v) is 5.15. The van der Waals surface area contributed by atoms with E-state index in [2.05, 4.69) is 5.32 Å². The zero-order valence-corrected chi connectivity index (χ0v) is 16.7. The van der Waals surface area contributed by atoms with Crippen LogP contribution >= 0.6 is 11.6 Å². The highest BCUT2D eigenvalue weighted by atomic mass is 35.5. The minimum Gasteiger partial charge on any atom is -0.307 e. The van der Waals surface area contributed by atoms with Crippen LogP contribution in [0.25, 0.3) is 0 Å². The van der Waals surface area contributed by atoms with Crippen molar-refractivity contribution in [1.29, 1.82) is 0 Å². The maximum atomic E-state index is 13.0. The van der Waals surface area contributed by atoms with Crippen LogP contribution in [0.1, 0.15) is 24.9 Å². The van der Waals surface area contributed by atoms with Gasteiger partial charge >= 0.3 is 0 Å². The molecule has 0 unspecified atom stereocenters. The third-order valence-electron chi connectivity index (χ3n) is 4.81. The maximum absolute atomic E-state index is 13.0. The number of benzene rings is 2. The van der Waals surface area contributed by atoms with E-state index in [0.29, 0.717) is 11.4 Å². The summed E-state index contributed by atoms with van der Waals surface area (Å²) in [6.45, 7) is 2.10. The lowest BCUT2D eigenvalue weighted by Gasteiger charge is -2.29. The molecule has 0 radical (unpaired) electrons. The van der Waals surface area contributed by atoms with Crippen LogP contribution in [0.5, 0.6) is 0 Å². The highest BCUT2D eigenvalue weighted by molar-refractivity contribution is 7.91. The summed E-state index contributed by atoms with van der Waals surface area (Å²) in [4.78, 5) is 14.6. The summed E-state index contributed by atoms with van der Waals surface area (Å²) in [7, 11) is -3.09. The summed E-state index contributed by atoms with van der Waals surface area (Å²) in [5.41, 5.74) is 1.76. The third kappa shape index (κ3) is 5.09. The van der Waals surface area contributed by atoms with Gasteiger partial charge in [0.05, 0.1) is 24.1 Å². The van der Waals surface area contributed by atoms with Crippen molar-refractivity contribution in [3.63, 3.8) is 0 Å². The zero-order chi connectivity index (χ0) is 19.4. The van der Waals surface area contributed by atoms with Gasteiger partial charge in [-0.25, -0.2) is 8.42 Å². The number of halogens is 1. The highest BCUT2D eigenvalue weighted by Gasteiger charge is 2.35. The SMILES string of the molecule is C[C@H](NCC(=O)N(c1ccccc1)[C@@H]1CCS(=O)(=O)C1)c1ccc(Cl)cc1. The van der Waals surface area contributed by atoms with E-state index in [4.69, 9.17) is 11.6 Å². The number of hydrogen-bond acceptors (Lipinski definition) is 4. The number of carbonyl (C=O) groups is 1. The first-order chi connectivity index (χ1) is 12.9. The second-order valence-electron chi connectivity index (χ2n) is 6.81. The summed E-state index contributed by atoms with van der Waals surface area (Å²) in [6, 6.07) is 16.4. The molecule has 144 valence electrons. The van der Waals surface area contributed by atoms with E-state index in [-0.39, 0.29) is 36.0 Å². The van der Waals surface area contributed by atoms with Gasteiger partial charge in [0.15, 0.2) is 9.84 Å². The van der Waals surface area contributed by atoms with Gasteiger partial charge in [-0.1, -0.05) is 41.9 Å². The molecule has 2 aromatic rings. The van der Waals surface area contributed by atoms with Gasteiger partial charge in [0, 0.05) is 16.8 Å². The average molecular weight is 407 g/mol. The summed E-state index contributed by atoms with van der Waals surface area (Å²) < 4.78 is 23.8. The molecule has 5 nitrogen and oxygen atoms in total. The summed E-state index contributed by atoms with van der Waals surface area (Å²) in [5, 5.41) is 3.90. The zero-order valence-electron chi connectivity index (χ0n) is 15.1. The first kappa shape index (κ1) is 19.9. The molecule has 0 saturated carbocycles. The Labute approximate surface area is 165 Å². The van der Waals surface area contributed by atoms with Gasteiger partial charge in [0.25, 0.3) is 0 Å². The van der Waals surface area contributed by atoms with Crippen molar-refractivity contribution in [2.24, 2.45) is 0 Å². The molecule has 1 fully saturated rings. The van der Waals surface area contributed by atoms with E-state index in [1.165, 1.54) is 0 Å².